The maximum Gasteiger partial charge on any atom is 1.00 e. The van der Waals surface area contributed by atoms with Gasteiger partial charge in [0, 0.05) is 4.83 Å². The molecule has 11 heavy (non-hydrogen) atoms. The van der Waals surface area contributed by atoms with Gasteiger partial charge in [-0.05, 0) is 12.8 Å². The van der Waals surface area contributed by atoms with E-state index in [1.165, 1.54) is 0 Å². The van der Waals surface area contributed by atoms with Crippen LogP contribution in [-0.4, -0.2) is 23.3 Å². The van der Waals surface area contributed by atoms with Crippen LogP contribution in [0.25, 0.3) is 0 Å². The fourth-order valence-corrected chi connectivity index (χ4v) is 1.79. The molecule has 1 aliphatic rings. The molecule has 1 aliphatic carbocycles. The third-order valence-electron chi connectivity index (χ3n) is 1.67. The zero-order valence-corrected chi connectivity index (χ0v) is 9.85. The molecule has 60 valence electrons. The third-order valence-corrected chi connectivity index (χ3v) is 2.42. The molecule has 0 radical (unpaired) electrons. The first kappa shape index (κ1) is 12.3. The summed E-state index contributed by atoms with van der Waals surface area (Å²) in [5.74, 6) is 0. The van der Waals surface area contributed by atoms with Crippen LogP contribution in [0.1, 0.15) is 12.8 Å². The summed E-state index contributed by atoms with van der Waals surface area (Å²) in [4.78, 5) is -0.164. The Morgan fingerprint density at radius 2 is 1.55 bits per heavy atom. The zero-order valence-electron chi connectivity index (χ0n) is 6.27. The van der Waals surface area contributed by atoms with Crippen molar-refractivity contribution in [3.8, 4) is 0 Å². The third kappa shape index (κ3) is 3.27. The molecule has 0 aromatic rings. The second-order valence-electron chi connectivity index (χ2n) is 2.57. The molecule has 0 spiro atoms. The van der Waals surface area contributed by atoms with E-state index in [-0.39, 0.29) is 47.2 Å². The van der Waals surface area contributed by atoms with E-state index in [9.17, 15) is 13.9 Å². The minimum atomic E-state index is -1.66. The summed E-state index contributed by atoms with van der Waals surface area (Å²) in [6.07, 6.45) is -4.40. The summed E-state index contributed by atoms with van der Waals surface area (Å²) < 4.78 is 25.0. The van der Waals surface area contributed by atoms with Crippen LogP contribution in [0.15, 0.2) is 0 Å². The SMILES string of the molecule is [Na+].[O-]C1C(F)CC(Br)CC1F. The predicted molar refractivity (Wildman–Crippen MR) is 35.5 cm³/mol. The molecule has 0 N–H and O–H groups in total. The molecule has 1 nitrogen and oxygen atoms in total. The van der Waals surface area contributed by atoms with E-state index < -0.39 is 18.4 Å². The molecule has 1 fully saturated rings. The molecule has 0 aliphatic heterocycles. The van der Waals surface area contributed by atoms with Crippen molar-refractivity contribution < 1.29 is 43.4 Å². The van der Waals surface area contributed by atoms with Crippen molar-refractivity contribution in [1.82, 2.24) is 0 Å². The molecule has 0 amide bonds. The van der Waals surface area contributed by atoms with E-state index in [0.717, 1.165) is 0 Å². The van der Waals surface area contributed by atoms with Gasteiger partial charge in [-0.25, -0.2) is 8.78 Å². The van der Waals surface area contributed by atoms with Crippen molar-refractivity contribution >= 4 is 15.9 Å². The second kappa shape index (κ2) is 5.12. The van der Waals surface area contributed by atoms with Crippen molar-refractivity contribution in [2.24, 2.45) is 0 Å². The number of alkyl halides is 3. The summed E-state index contributed by atoms with van der Waals surface area (Å²) in [6, 6.07) is 0. The molecule has 2 unspecified atom stereocenters. The quantitative estimate of drug-likeness (QED) is 0.351. The fraction of sp³-hybridized carbons (Fsp3) is 1.00. The van der Waals surface area contributed by atoms with Crippen molar-refractivity contribution in [1.29, 1.82) is 0 Å². The molecule has 5 heteroatoms. The first-order valence-corrected chi connectivity index (χ1v) is 4.11. The summed E-state index contributed by atoms with van der Waals surface area (Å²) >= 11 is 3.08. The molecule has 2 atom stereocenters. The van der Waals surface area contributed by atoms with Crippen LogP contribution >= 0.6 is 15.9 Å². The molecule has 0 bridgehead atoms. The van der Waals surface area contributed by atoms with Crippen LogP contribution in [0.4, 0.5) is 8.78 Å². The Morgan fingerprint density at radius 1 is 1.18 bits per heavy atom. The maximum absolute atomic E-state index is 12.5. The van der Waals surface area contributed by atoms with Gasteiger partial charge in [0.15, 0.2) is 0 Å². The normalized spacial score (nSPS) is 44.7. The van der Waals surface area contributed by atoms with E-state index in [1.54, 1.807) is 0 Å². The summed E-state index contributed by atoms with van der Waals surface area (Å²) in [6.45, 7) is 0. The minimum absolute atomic E-state index is 0. The molecule has 0 aromatic carbocycles. The molecule has 1 rings (SSSR count). The Hall–Kier alpha value is 1.30. The largest absolute Gasteiger partial charge is 1.00 e. The van der Waals surface area contributed by atoms with Gasteiger partial charge in [0.05, 0.1) is 12.3 Å². The van der Waals surface area contributed by atoms with Crippen molar-refractivity contribution in [2.75, 3.05) is 0 Å². The molecule has 0 aromatic heterocycles. The van der Waals surface area contributed by atoms with Gasteiger partial charge in [-0.15, -0.1) is 0 Å². The van der Waals surface area contributed by atoms with Crippen LogP contribution in [0.5, 0.6) is 0 Å². The molecular weight excluding hydrogens is 229 g/mol. The number of hydrogen-bond donors (Lipinski definition) is 0. The van der Waals surface area contributed by atoms with E-state index in [0.29, 0.717) is 0 Å². The Morgan fingerprint density at radius 3 is 1.91 bits per heavy atom. The van der Waals surface area contributed by atoms with Crippen molar-refractivity contribution in [3.63, 3.8) is 0 Å². The number of rotatable bonds is 0. The molecule has 1 saturated carbocycles. The van der Waals surface area contributed by atoms with Crippen LogP contribution in [0.3, 0.4) is 0 Å². The Balaban J connectivity index is 0.000001000. The summed E-state index contributed by atoms with van der Waals surface area (Å²) in [5.41, 5.74) is 0. The van der Waals surface area contributed by atoms with Crippen LogP contribution in [0, 0.1) is 0 Å². The molecule has 0 heterocycles. The van der Waals surface area contributed by atoms with Gasteiger partial charge < -0.3 is 5.11 Å². The van der Waals surface area contributed by atoms with Crippen LogP contribution < -0.4 is 34.7 Å². The average molecular weight is 237 g/mol. The first-order valence-electron chi connectivity index (χ1n) is 3.19. The van der Waals surface area contributed by atoms with Gasteiger partial charge in [-0.1, -0.05) is 22.0 Å². The van der Waals surface area contributed by atoms with Gasteiger partial charge in [0.25, 0.3) is 0 Å². The Labute approximate surface area is 95.0 Å². The fourth-order valence-electron chi connectivity index (χ4n) is 1.08. The van der Waals surface area contributed by atoms with Crippen molar-refractivity contribution in [3.05, 3.63) is 0 Å². The zero-order chi connectivity index (χ0) is 7.72. The number of hydrogen-bond acceptors (Lipinski definition) is 1. The van der Waals surface area contributed by atoms with Crippen LogP contribution in [0.2, 0.25) is 0 Å². The van der Waals surface area contributed by atoms with Gasteiger partial charge in [-0.2, -0.15) is 0 Å². The van der Waals surface area contributed by atoms with E-state index in [4.69, 9.17) is 0 Å². The van der Waals surface area contributed by atoms with E-state index in [1.807, 2.05) is 0 Å². The monoisotopic (exact) mass is 236 g/mol. The van der Waals surface area contributed by atoms with E-state index >= 15 is 0 Å². The smallest absolute Gasteiger partial charge is 0.848 e. The van der Waals surface area contributed by atoms with Gasteiger partial charge in [0.1, 0.15) is 0 Å². The van der Waals surface area contributed by atoms with E-state index in [2.05, 4.69) is 15.9 Å². The van der Waals surface area contributed by atoms with Gasteiger partial charge >= 0.3 is 29.6 Å². The average Bonchev–Trinajstić information content (AvgIpc) is 1.82. The molecule has 0 saturated heterocycles. The molecular formula is C6H8BrF2NaO. The second-order valence-corrected chi connectivity index (χ2v) is 3.86. The van der Waals surface area contributed by atoms with Gasteiger partial charge in [-0.3, -0.25) is 0 Å². The van der Waals surface area contributed by atoms with Gasteiger partial charge in [0.2, 0.25) is 0 Å². The standard InChI is InChI=1S/C6H8BrF2O.Na/c7-3-1-4(8)6(10)5(9)2-3;/h3-6H,1-2H2;/q-1;+1. The van der Waals surface area contributed by atoms with Crippen LogP contribution in [-0.2, 0) is 0 Å². The number of halogens is 3. The topological polar surface area (TPSA) is 23.1 Å². The minimum Gasteiger partial charge on any atom is -0.848 e. The first-order chi connectivity index (χ1) is 4.61. The Bertz CT molecular complexity index is 115. The summed E-state index contributed by atoms with van der Waals surface area (Å²) in [7, 11) is 0. The maximum atomic E-state index is 12.5. The predicted octanol–water partition coefficient (Wildman–Crippen LogP) is -2.05. The van der Waals surface area contributed by atoms with Crippen molar-refractivity contribution in [2.45, 2.75) is 36.1 Å². The Kier molecular flexibility index (Phi) is 5.73. The summed E-state index contributed by atoms with van der Waals surface area (Å²) in [5, 5.41) is 10.6.